The first-order chi connectivity index (χ1) is 8.18. The molecule has 0 aromatic rings. The molecule has 0 aliphatic carbocycles. The van der Waals surface area contributed by atoms with Crippen molar-refractivity contribution in [1.82, 2.24) is 4.90 Å². The first-order valence-corrected chi connectivity index (χ1v) is 7.14. The van der Waals surface area contributed by atoms with E-state index in [2.05, 4.69) is 25.9 Å². The highest BCUT2D eigenvalue weighted by Crippen LogP contribution is 2.09. The molecule has 0 heterocycles. The van der Waals surface area contributed by atoms with E-state index in [1.165, 1.54) is 72.2 Å². The van der Waals surface area contributed by atoms with Crippen molar-refractivity contribution in [2.24, 2.45) is 0 Å². The zero-order valence-corrected chi connectivity index (χ0v) is 12.5. The van der Waals surface area contributed by atoms with E-state index in [1.54, 1.807) is 5.97 Å². The molecule has 0 aliphatic rings. The molecule has 17 heavy (non-hydrogen) atoms. The molecule has 0 fully saturated rings. The molecule has 0 amide bonds. The van der Waals surface area contributed by atoms with E-state index in [1.807, 2.05) is 0 Å². The minimum Gasteiger partial charge on any atom is -0.309 e. The van der Waals surface area contributed by atoms with E-state index >= 15 is 0 Å². The summed E-state index contributed by atoms with van der Waals surface area (Å²) in [7, 11) is 5.75. The minimum absolute atomic E-state index is 1.26. The Bertz CT molecular complexity index is 164. The Morgan fingerprint density at radius 1 is 0.882 bits per heavy atom. The highest BCUT2D eigenvalue weighted by Gasteiger charge is 1.92. The third-order valence-electron chi connectivity index (χ3n) is 2.71. The van der Waals surface area contributed by atoms with Gasteiger partial charge < -0.3 is 4.90 Å². The second-order valence-corrected chi connectivity index (χ2v) is 4.86. The van der Waals surface area contributed by atoms with E-state index in [0.717, 1.165) is 0 Å². The molecule has 100 valence electrons. The summed E-state index contributed by atoms with van der Waals surface area (Å²) in [5, 5.41) is 7.32. The molecular weight excluding hydrogens is 207 g/mol. The van der Waals surface area contributed by atoms with Gasteiger partial charge in [0, 0.05) is 0 Å². The van der Waals surface area contributed by atoms with E-state index in [4.69, 9.17) is 5.26 Å². The van der Waals surface area contributed by atoms with Gasteiger partial charge in [-0.3, -0.25) is 0 Å². The summed E-state index contributed by atoms with van der Waals surface area (Å²) in [5.41, 5.74) is 0. The summed E-state index contributed by atoms with van der Waals surface area (Å²) >= 11 is 0. The zero-order chi connectivity index (χ0) is 13.4. The molecule has 0 aliphatic heterocycles. The highest BCUT2D eigenvalue weighted by molar-refractivity contribution is 6.20. The van der Waals surface area contributed by atoms with E-state index in [-0.39, 0.29) is 0 Å². The van der Waals surface area contributed by atoms with Crippen LogP contribution >= 0.6 is 0 Å². The number of unbranched alkanes of at least 4 members (excludes halogenated alkanes) is 8. The van der Waals surface area contributed by atoms with Crippen molar-refractivity contribution < 1.29 is 0 Å². The van der Waals surface area contributed by atoms with Gasteiger partial charge in [0.15, 0.2) is 0 Å². The average Bonchev–Trinajstić information content (AvgIpc) is 2.27. The van der Waals surface area contributed by atoms with Crippen molar-refractivity contribution in [3.63, 3.8) is 0 Å². The molecule has 2 nitrogen and oxygen atoms in total. The van der Waals surface area contributed by atoms with Crippen molar-refractivity contribution in [3.05, 3.63) is 0 Å². The van der Waals surface area contributed by atoms with Gasteiger partial charge in [-0.15, -0.1) is 0 Å². The van der Waals surface area contributed by atoms with Crippen LogP contribution in [0.25, 0.3) is 0 Å². The maximum Gasteiger partial charge on any atom is 0.232 e. The third-order valence-corrected chi connectivity index (χ3v) is 2.71. The Hall–Kier alpha value is -0.485. The van der Waals surface area contributed by atoms with Crippen molar-refractivity contribution in [2.75, 3.05) is 20.6 Å². The molecule has 0 rings (SSSR count). The van der Waals surface area contributed by atoms with Crippen LogP contribution in [-0.4, -0.2) is 33.4 Å². The average molecular weight is 238 g/mol. The predicted molar refractivity (Wildman–Crippen MR) is 79.9 cm³/mol. The normalized spacial score (nSPS) is 9.59. The summed E-state index contributed by atoms with van der Waals surface area (Å²) in [4.78, 5) is 2.28. The minimum atomic E-state index is 1.26. The Morgan fingerprint density at radius 2 is 1.24 bits per heavy atom. The lowest BCUT2D eigenvalue weighted by atomic mass is 10.1. The summed E-state index contributed by atoms with van der Waals surface area (Å²) in [6.07, 6.45) is 12.9. The lowest BCUT2D eigenvalue weighted by Gasteiger charge is -2.08. The van der Waals surface area contributed by atoms with Crippen molar-refractivity contribution in [3.8, 4) is 5.97 Å². The third kappa shape index (κ3) is 25.6. The van der Waals surface area contributed by atoms with Gasteiger partial charge in [0.05, 0.1) is 0 Å². The lowest BCUT2D eigenvalue weighted by Crippen LogP contribution is -2.12. The zero-order valence-electron chi connectivity index (χ0n) is 12.5. The van der Waals surface area contributed by atoms with E-state index in [0.29, 0.717) is 0 Å². The van der Waals surface area contributed by atoms with Gasteiger partial charge in [0.25, 0.3) is 0 Å². The molecule has 0 aromatic heterocycles. The first-order valence-electron chi connectivity index (χ1n) is 7.14. The fourth-order valence-corrected chi connectivity index (χ4v) is 1.74. The number of rotatable bonds is 10. The van der Waals surface area contributed by atoms with Gasteiger partial charge in [-0.2, -0.15) is 0 Å². The van der Waals surface area contributed by atoms with Crippen LogP contribution in [0.3, 0.4) is 0 Å². The predicted octanol–water partition coefficient (Wildman–Crippen LogP) is 3.18. The summed E-state index contributed by atoms with van der Waals surface area (Å²) < 4.78 is 0. The van der Waals surface area contributed by atoms with Gasteiger partial charge in [0.2, 0.25) is 7.85 Å². The van der Waals surface area contributed by atoms with Crippen LogP contribution in [0.1, 0.15) is 64.7 Å². The quantitative estimate of drug-likeness (QED) is 0.431. The molecule has 0 spiro atoms. The number of hydrogen-bond acceptors (Lipinski definition) is 2. The SMILES string of the molecule is BC#N.CCCCCCCCCCCN(C)C. The summed E-state index contributed by atoms with van der Waals surface area (Å²) in [6, 6.07) is 0. The van der Waals surface area contributed by atoms with Crippen LogP contribution in [0.2, 0.25) is 0 Å². The molecule has 0 saturated carbocycles. The second-order valence-electron chi connectivity index (χ2n) is 4.86. The molecular formula is C14H31BN2. The van der Waals surface area contributed by atoms with Gasteiger partial charge in [-0.1, -0.05) is 58.3 Å². The highest BCUT2D eigenvalue weighted by atomic mass is 15.0. The monoisotopic (exact) mass is 238 g/mol. The fraction of sp³-hybridized carbons (Fsp3) is 0.929. The van der Waals surface area contributed by atoms with Gasteiger partial charge in [0.1, 0.15) is 0 Å². The summed E-state index contributed by atoms with van der Waals surface area (Å²) in [6.45, 7) is 3.54. The molecule has 0 saturated heterocycles. The smallest absolute Gasteiger partial charge is 0.232 e. The largest absolute Gasteiger partial charge is 0.309 e. The lowest BCUT2D eigenvalue weighted by molar-refractivity contribution is 0.389. The van der Waals surface area contributed by atoms with Crippen LogP contribution in [0.5, 0.6) is 0 Å². The maximum absolute atomic E-state index is 7.32. The topological polar surface area (TPSA) is 27.0 Å². The Labute approximate surface area is 110 Å². The second kappa shape index (κ2) is 17.9. The molecule has 0 unspecified atom stereocenters. The maximum atomic E-state index is 7.32. The van der Waals surface area contributed by atoms with Gasteiger partial charge in [-0.25, -0.2) is 5.26 Å². The van der Waals surface area contributed by atoms with E-state index in [9.17, 15) is 0 Å². The van der Waals surface area contributed by atoms with E-state index < -0.39 is 0 Å². The number of nitrogens with zero attached hydrogens (tertiary/aromatic N) is 2. The Balaban J connectivity index is 0. The first kappa shape index (κ1) is 18.9. The van der Waals surface area contributed by atoms with Crippen molar-refractivity contribution >= 4 is 7.85 Å². The van der Waals surface area contributed by atoms with Crippen molar-refractivity contribution in [1.29, 1.82) is 5.26 Å². The van der Waals surface area contributed by atoms with Crippen LogP contribution in [0, 0.1) is 11.2 Å². The number of hydrogen-bond donors (Lipinski definition) is 0. The Kier molecular flexibility index (Phi) is 19.9. The van der Waals surface area contributed by atoms with Gasteiger partial charge in [-0.05, 0) is 33.0 Å². The number of nitriles is 1. The molecule has 0 aromatic carbocycles. The van der Waals surface area contributed by atoms with Crippen LogP contribution < -0.4 is 0 Å². The van der Waals surface area contributed by atoms with Gasteiger partial charge >= 0.3 is 0 Å². The van der Waals surface area contributed by atoms with Crippen LogP contribution in [0.4, 0.5) is 0 Å². The molecule has 0 N–H and O–H groups in total. The Morgan fingerprint density at radius 3 is 1.59 bits per heavy atom. The fourth-order valence-electron chi connectivity index (χ4n) is 1.74. The molecule has 3 heteroatoms. The molecule has 0 bridgehead atoms. The molecule has 0 radical (unpaired) electrons. The van der Waals surface area contributed by atoms with Crippen LogP contribution in [-0.2, 0) is 0 Å². The van der Waals surface area contributed by atoms with Crippen LogP contribution in [0.15, 0.2) is 0 Å². The molecule has 0 atom stereocenters. The summed E-state index contributed by atoms with van der Waals surface area (Å²) in [5.74, 6) is 1.75. The standard InChI is InChI=1S/C13H29N.CH2BN/c1-4-5-6-7-8-9-10-11-12-13-14(2)3;2-1-3/h4-13H2,1-3H3;2H2. The van der Waals surface area contributed by atoms with Crippen molar-refractivity contribution in [2.45, 2.75) is 64.7 Å².